The molecule has 0 saturated carbocycles. The zero-order chi connectivity index (χ0) is 77.7. The first-order valence-electron chi connectivity index (χ1n) is 36.0. The van der Waals surface area contributed by atoms with E-state index in [0.717, 1.165) is 78.2 Å². The average Bonchev–Trinajstić information content (AvgIpc) is 1.77. The first-order valence-corrected chi connectivity index (χ1v) is 41.2. The van der Waals surface area contributed by atoms with Gasteiger partial charge in [-0.25, -0.2) is 50.1 Å². The lowest BCUT2D eigenvalue weighted by Gasteiger charge is -2.25. The van der Waals surface area contributed by atoms with Crippen LogP contribution < -0.4 is 4.50 Å². The molecule has 0 aromatic carbocycles. The molecule has 19 rings (SSSR count). The Morgan fingerprint density at radius 1 is 0.330 bits per heavy atom. The molecule has 19 heterocycles. The lowest BCUT2D eigenvalue weighted by molar-refractivity contribution is 0.207. The maximum atomic E-state index is 5.00. The number of pyridine rings is 9. The van der Waals surface area contributed by atoms with Gasteiger partial charge in [0.05, 0.1) is 76.4 Å². The van der Waals surface area contributed by atoms with E-state index in [2.05, 4.69) is 226 Å². The second-order valence-corrected chi connectivity index (χ2v) is 34.6. The lowest BCUT2D eigenvalue weighted by atomic mass is 10.1. The molecule has 0 amide bonds. The Bertz CT molecular complexity index is 5850. The summed E-state index contributed by atoms with van der Waals surface area (Å²) in [7, 11) is -1.37. The van der Waals surface area contributed by atoms with Crippen LogP contribution in [0.25, 0.3) is 135 Å². The molecule has 2 aliphatic rings. The third kappa shape index (κ3) is 18.0. The number of H-pyrrole nitrogens is 6. The van der Waals surface area contributed by atoms with Gasteiger partial charge in [0.2, 0.25) is 23.3 Å². The van der Waals surface area contributed by atoms with Crippen molar-refractivity contribution in [3.8, 4) is 135 Å². The Morgan fingerprint density at radius 2 is 0.670 bits per heavy atom. The molecule has 0 radical (unpaired) electrons. The molecule has 42 heteroatoms. The fraction of sp³-hybridized carbons (Fsp3) is 0.178. The highest BCUT2D eigenvalue weighted by atomic mass is 32.1. The van der Waals surface area contributed by atoms with E-state index in [0.29, 0.717) is 141 Å². The smallest absolute Gasteiger partial charge is 0.222 e. The first kappa shape index (κ1) is 73.3. The number of rotatable bonds is 20. The van der Waals surface area contributed by atoms with Crippen LogP contribution in [0.3, 0.4) is 0 Å². The van der Waals surface area contributed by atoms with Gasteiger partial charge in [-0.3, -0.25) is 19.7 Å². The Hall–Kier alpha value is -14.5. The summed E-state index contributed by atoms with van der Waals surface area (Å²) in [4.78, 5) is 54.0. The predicted molar refractivity (Wildman–Crippen MR) is 425 cm³/mol. The van der Waals surface area contributed by atoms with E-state index >= 15 is 0 Å². The van der Waals surface area contributed by atoms with Crippen LogP contribution in [0.1, 0.15) is 22.8 Å². The summed E-state index contributed by atoms with van der Waals surface area (Å²) < 4.78 is 1.50. The van der Waals surface area contributed by atoms with Crippen molar-refractivity contribution in [3.63, 3.8) is 0 Å². The molecule has 0 spiro atoms. The van der Waals surface area contributed by atoms with Crippen LogP contribution >= 0.6 is 22.7 Å². The van der Waals surface area contributed by atoms with Gasteiger partial charge < -0.3 is 0 Å². The molecule has 0 atom stereocenters. The first-order chi connectivity index (χ1) is 56.5. The Morgan fingerprint density at radius 3 is 1.05 bits per heavy atom. The van der Waals surface area contributed by atoms with Crippen LogP contribution in [0.2, 0.25) is 19.6 Å². The third-order valence-corrected chi connectivity index (χ3v) is 24.1. The molecule has 0 bridgehead atoms. The highest BCUT2D eigenvalue weighted by Crippen LogP contribution is 2.39. The van der Waals surface area contributed by atoms with Gasteiger partial charge in [0.25, 0.3) is 0 Å². The summed E-state index contributed by atoms with van der Waals surface area (Å²) in [6.07, 6.45) is 0. The quantitative estimate of drug-likeness (QED) is 0.0390. The molecule has 1 saturated heterocycles. The topological polar surface area (TPSA) is 490 Å². The molecule has 17 aromatic rings. The molecule has 0 unspecified atom stereocenters. The Kier molecular flexibility index (Phi) is 21.7. The van der Waals surface area contributed by atoms with Crippen molar-refractivity contribution in [2.24, 2.45) is 15.4 Å². The molecular weight excluding hydrogens is 1520 g/mol. The van der Waals surface area contributed by atoms with Crippen LogP contribution in [-0.2, 0) is 19.6 Å². The van der Waals surface area contributed by atoms with Gasteiger partial charge in [-0.15, -0.1) is 78.8 Å². The standard InChI is InChI=1S/C28H31N17.C28H23N11S2Si.C17H11N11/c1-4-20(30-23(7-1)26-16-29-38-33-26)17-43-10-12-44(18-21-5-2-8-24(31-21)27-34-39-40-35-27)14-15-45(13-11-43)19-22-6-3-9-25(32-22)28-36-41-42-37-28;1-42(2,3)26-13-12-25(41-26)24-11-10-23(40-24)16-14-21(17-6-4-8-19(29-17)27-32-36-37-33-27)31-22(15-16)18-7-5-9-20(30-18)28-34-38-39-35-28;1-4-10(12-6-2-8-14(19-12)16-21-25-26-22-16)18-11(5-1)13-7-3-9-15(20-13)17-23-27-28-24-17/h1-9H,10-19H2,(H,34,35,39,40)(H,36,37,41,42);4-15H,1-3H3,(H,32,33,36,37)(H,34,35,38,39);1-9H,(H,21,22,25,26)(H,23,24,27,28). The Balaban J connectivity index is 0.000000128. The maximum absolute atomic E-state index is 5.00. The fourth-order valence-corrected chi connectivity index (χ4v) is 16.4. The molecule has 6 N–H and O–H groups in total. The summed E-state index contributed by atoms with van der Waals surface area (Å²) in [6.45, 7) is 14.9. The van der Waals surface area contributed by atoms with Crippen molar-refractivity contribution < 1.29 is 0 Å². The van der Waals surface area contributed by atoms with Crippen molar-refractivity contribution in [3.05, 3.63) is 205 Å². The number of aromatic nitrogens is 33. The summed E-state index contributed by atoms with van der Waals surface area (Å²) in [6, 6.07) is 59.1. The van der Waals surface area contributed by atoms with Crippen molar-refractivity contribution in [1.82, 2.24) is 183 Å². The van der Waals surface area contributed by atoms with Gasteiger partial charge in [-0.2, -0.15) is 26.0 Å². The number of hydrogen-bond acceptors (Lipinski definition) is 35. The van der Waals surface area contributed by atoms with E-state index in [4.69, 9.17) is 34.9 Å². The van der Waals surface area contributed by atoms with Gasteiger partial charge in [0, 0.05) is 73.5 Å². The molecular formula is C73H65N39S2Si. The van der Waals surface area contributed by atoms with Crippen molar-refractivity contribution >= 4 is 41.0 Å². The van der Waals surface area contributed by atoms with E-state index < -0.39 is 8.07 Å². The number of nitrogens with one attached hydrogen (secondary N) is 6. The number of hydrogen-bond donors (Lipinski definition) is 6. The minimum Gasteiger partial charge on any atom is -0.295 e. The van der Waals surface area contributed by atoms with E-state index in [1.54, 1.807) is 11.3 Å². The van der Waals surface area contributed by atoms with E-state index in [1.165, 1.54) is 14.3 Å². The number of aromatic amines is 6. The maximum Gasteiger partial charge on any atom is 0.222 e. The molecule has 568 valence electrons. The largest absolute Gasteiger partial charge is 0.295 e. The number of tetrazole rings is 6. The molecule has 1 fully saturated rings. The minimum atomic E-state index is -1.37. The van der Waals surface area contributed by atoms with Gasteiger partial charge in [-0.1, -0.05) is 74.2 Å². The molecule has 17 aromatic heterocycles. The van der Waals surface area contributed by atoms with Crippen LogP contribution in [0.15, 0.2) is 197 Å². The van der Waals surface area contributed by atoms with Gasteiger partial charge in [0.15, 0.2) is 11.6 Å². The fourth-order valence-electron chi connectivity index (χ4n) is 12.4. The van der Waals surface area contributed by atoms with Crippen LogP contribution in [0, 0.1) is 0 Å². The van der Waals surface area contributed by atoms with Gasteiger partial charge in [0.1, 0.15) is 46.4 Å². The predicted octanol–water partition coefficient (Wildman–Crippen LogP) is 8.36. The summed E-state index contributed by atoms with van der Waals surface area (Å²) in [5.74, 6) is 2.78. The molecule has 39 nitrogen and oxygen atoms in total. The second kappa shape index (κ2) is 34.0. The minimum absolute atomic E-state index is 0.424. The summed E-state index contributed by atoms with van der Waals surface area (Å²) in [5.41, 5.74) is 15.0. The monoisotopic (exact) mass is 1580 g/mol. The summed E-state index contributed by atoms with van der Waals surface area (Å²) in [5, 5.41) is 96.7. The molecule has 2 aliphatic heterocycles. The summed E-state index contributed by atoms with van der Waals surface area (Å²) >= 11 is 3.67. The lowest BCUT2D eigenvalue weighted by Crippen LogP contribution is -2.35. The van der Waals surface area contributed by atoms with Crippen molar-refractivity contribution in [1.29, 1.82) is 0 Å². The number of nitrogens with zero attached hydrogens (tertiary/aromatic N) is 33. The molecule has 115 heavy (non-hydrogen) atoms. The third-order valence-electron chi connectivity index (χ3n) is 18.1. The normalized spacial score (nSPS) is 13.5. The highest BCUT2D eigenvalue weighted by Gasteiger charge is 2.24. The SMILES string of the molecule is C[Si](C)(C)c1ccc(-c2ccc(-c3cc(-c4cccc(-c5nnn[nH]5)n4)nc(-c4cccc(-c5nnn[nH]5)n4)c3)s2)s1.c1cc(-c2cccc(-c3nn[nH]n3)n2)nc(-c2cccc(-c3nn[nH]n3)n2)c1.c1cc(CN2CCN(Cc3cccc(-c4nn[nH]n4)n3)CCN(Cc3cccc(-c4nn[nH]n4)n3)CC2)nc(C2=NN=NC2)c1. The van der Waals surface area contributed by atoms with Crippen LogP contribution in [0.5, 0.6) is 0 Å². The van der Waals surface area contributed by atoms with E-state index in [-0.39, 0.29) is 0 Å². The van der Waals surface area contributed by atoms with Crippen LogP contribution in [-0.4, -0.2) is 243 Å². The Labute approximate surface area is 660 Å². The van der Waals surface area contributed by atoms with Gasteiger partial charge >= 0.3 is 0 Å². The van der Waals surface area contributed by atoms with Crippen LogP contribution in [0.4, 0.5) is 0 Å². The number of thiophene rings is 2. The van der Waals surface area contributed by atoms with E-state index in [9.17, 15) is 0 Å². The molecule has 0 aliphatic carbocycles. The zero-order valence-electron chi connectivity index (χ0n) is 61.5. The average molecular weight is 1580 g/mol. The van der Waals surface area contributed by atoms with Crippen molar-refractivity contribution in [2.45, 2.75) is 39.3 Å². The second-order valence-electron chi connectivity index (χ2n) is 27.0. The van der Waals surface area contributed by atoms with E-state index in [1.807, 2.05) is 151 Å². The highest BCUT2D eigenvalue weighted by molar-refractivity contribution is 7.31. The zero-order valence-corrected chi connectivity index (χ0v) is 64.1. The van der Waals surface area contributed by atoms with Gasteiger partial charge in [-0.05, 0) is 184 Å². The van der Waals surface area contributed by atoms with Crippen molar-refractivity contribution in [2.75, 3.05) is 45.8 Å².